The van der Waals surface area contributed by atoms with Crippen molar-refractivity contribution >= 4 is 11.6 Å². The van der Waals surface area contributed by atoms with E-state index in [1.807, 2.05) is 0 Å². The fraction of sp³-hybridized carbons (Fsp3) is 0.133. The Balaban J connectivity index is 2.01. The lowest BCUT2D eigenvalue weighted by molar-refractivity contribution is -0.115. The van der Waals surface area contributed by atoms with E-state index in [1.165, 1.54) is 43.5 Å². The SMILES string of the molecule is COc1ccc(NC(=O)Cc2ccc(F)cc2)cc1F. The molecule has 2 aromatic carbocycles. The van der Waals surface area contributed by atoms with Gasteiger partial charge in [0.1, 0.15) is 5.82 Å². The predicted octanol–water partition coefficient (Wildman–Crippen LogP) is 3.15. The van der Waals surface area contributed by atoms with Gasteiger partial charge in [-0.05, 0) is 29.8 Å². The van der Waals surface area contributed by atoms with Gasteiger partial charge in [0.05, 0.1) is 13.5 Å². The number of halogens is 2. The number of nitrogens with one attached hydrogen (secondary N) is 1. The first kappa shape index (κ1) is 14.0. The van der Waals surface area contributed by atoms with Crippen molar-refractivity contribution in [1.29, 1.82) is 0 Å². The van der Waals surface area contributed by atoms with Crippen molar-refractivity contribution in [2.45, 2.75) is 6.42 Å². The molecule has 0 heterocycles. The summed E-state index contributed by atoms with van der Waals surface area (Å²) in [7, 11) is 1.37. The van der Waals surface area contributed by atoms with Crippen LogP contribution in [0.3, 0.4) is 0 Å². The van der Waals surface area contributed by atoms with E-state index in [1.54, 1.807) is 6.07 Å². The predicted molar refractivity (Wildman–Crippen MR) is 71.7 cm³/mol. The third-order valence-electron chi connectivity index (χ3n) is 2.71. The summed E-state index contributed by atoms with van der Waals surface area (Å²) in [5, 5.41) is 2.57. The smallest absolute Gasteiger partial charge is 0.228 e. The topological polar surface area (TPSA) is 38.3 Å². The van der Waals surface area contributed by atoms with Gasteiger partial charge >= 0.3 is 0 Å². The molecule has 2 aromatic rings. The van der Waals surface area contributed by atoms with Crippen LogP contribution in [0.4, 0.5) is 14.5 Å². The summed E-state index contributed by atoms with van der Waals surface area (Å²) in [5.41, 5.74) is 1.02. The van der Waals surface area contributed by atoms with Gasteiger partial charge in [-0.15, -0.1) is 0 Å². The van der Waals surface area contributed by atoms with Crippen LogP contribution >= 0.6 is 0 Å². The summed E-state index contributed by atoms with van der Waals surface area (Å²) >= 11 is 0. The Hall–Kier alpha value is -2.43. The molecule has 0 aliphatic carbocycles. The van der Waals surface area contributed by atoms with E-state index in [2.05, 4.69) is 5.32 Å². The Morgan fingerprint density at radius 3 is 2.45 bits per heavy atom. The van der Waals surface area contributed by atoms with E-state index in [0.717, 1.165) is 0 Å². The van der Waals surface area contributed by atoms with Gasteiger partial charge in [-0.1, -0.05) is 12.1 Å². The Morgan fingerprint density at radius 1 is 1.15 bits per heavy atom. The molecular weight excluding hydrogens is 264 g/mol. The molecule has 0 fully saturated rings. The van der Waals surface area contributed by atoms with Crippen LogP contribution in [0.5, 0.6) is 5.75 Å². The second kappa shape index (κ2) is 6.14. The van der Waals surface area contributed by atoms with Crippen LogP contribution in [-0.4, -0.2) is 13.0 Å². The molecule has 3 nitrogen and oxygen atoms in total. The highest BCUT2D eigenvalue weighted by Crippen LogP contribution is 2.20. The molecule has 0 radical (unpaired) electrons. The fourth-order valence-electron chi connectivity index (χ4n) is 1.74. The fourth-order valence-corrected chi connectivity index (χ4v) is 1.74. The molecule has 0 saturated heterocycles. The average molecular weight is 277 g/mol. The average Bonchev–Trinajstić information content (AvgIpc) is 2.41. The van der Waals surface area contributed by atoms with Crippen LogP contribution in [-0.2, 0) is 11.2 Å². The Labute approximate surface area is 115 Å². The number of carbonyl (C=O) groups excluding carboxylic acids is 1. The molecule has 20 heavy (non-hydrogen) atoms. The molecule has 2 rings (SSSR count). The highest BCUT2D eigenvalue weighted by molar-refractivity contribution is 5.92. The molecule has 0 bridgehead atoms. The maximum absolute atomic E-state index is 13.5. The van der Waals surface area contributed by atoms with E-state index in [0.29, 0.717) is 11.3 Å². The van der Waals surface area contributed by atoms with E-state index < -0.39 is 5.82 Å². The number of ether oxygens (including phenoxy) is 1. The Morgan fingerprint density at radius 2 is 1.85 bits per heavy atom. The zero-order valence-electron chi connectivity index (χ0n) is 10.8. The van der Waals surface area contributed by atoms with Crippen LogP contribution < -0.4 is 10.1 Å². The number of methoxy groups -OCH3 is 1. The Kier molecular flexibility index (Phi) is 4.30. The number of rotatable bonds is 4. The van der Waals surface area contributed by atoms with E-state index in [-0.39, 0.29) is 23.9 Å². The summed E-state index contributed by atoms with van der Waals surface area (Å²) < 4.78 is 31.0. The van der Waals surface area contributed by atoms with Gasteiger partial charge in [0.15, 0.2) is 11.6 Å². The molecule has 0 atom stereocenters. The number of amides is 1. The van der Waals surface area contributed by atoms with Gasteiger partial charge < -0.3 is 10.1 Å². The number of hydrogen-bond acceptors (Lipinski definition) is 2. The zero-order valence-corrected chi connectivity index (χ0v) is 10.8. The van der Waals surface area contributed by atoms with Crippen LogP contribution in [0.15, 0.2) is 42.5 Å². The third kappa shape index (κ3) is 3.54. The molecule has 0 aliphatic rings. The van der Waals surface area contributed by atoms with Gasteiger partial charge in [0.2, 0.25) is 5.91 Å². The molecule has 0 aliphatic heterocycles. The van der Waals surface area contributed by atoms with Gasteiger partial charge in [-0.2, -0.15) is 0 Å². The normalized spacial score (nSPS) is 10.2. The van der Waals surface area contributed by atoms with Crippen molar-refractivity contribution in [2.24, 2.45) is 0 Å². The van der Waals surface area contributed by atoms with Crippen molar-refractivity contribution in [3.63, 3.8) is 0 Å². The van der Waals surface area contributed by atoms with Crippen LogP contribution in [0.1, 0.15) is 5.56 Å². The maximum atomic E-state index is 13.5. The molecule has 0 spiro atoms. The van der Waals surface area contributed by atoms with Crippen LogP contribution in [0.25, 0.3) is 0 Å². The lowest BCUT2D eigenvalue weighted by Crippen LogP contribution is -2.14. The molecule has 1 amide bonds. The molecule has 0 unspecified atom stereocenters. The van der Waals surface area contributed by atoms with Crippen molar-refractivity contribution in [1.82, 2.24) is 0 Å². The standard InChI is InChI=1S/C15H13F2NO2/c1-20-14-7-6-12(9-13(14)17)18-15(19)8-10-2-4-11(16)5-3-10/h2-7,9H,8H2,1H3,(H,18,19). The highest BCUT2D eigenvalue weighted by atomic mass is 19.1. The molecule has 0 saturated carbocycles. The lowest BCUT2D eigenvalue weighted by atomic mass is 10.1. The van der Waals surface area contributed by atoms with Gasteiger partial charge in [-0.25, -0.2) is 8.78 Å². The van der Waals surface area contributed by atoms with Crippen molar-refractivity contribution in [2.75, 3.05) is 12.4 Å². The minimum atomic E-state index is -0.549. The number of hydrogen-bond donors (Lipinski definition) is 1. The first-order valence-electron chi connectivity index (χ1n) is 5.96. The molecule has 1 N–H and O–H groups in total. The first-order chi connectivity index (χ1) is 9.58. The van der Waals surface area contributed by atoms with Crippen LogP contribution in [0.2, 0.25) is 0 Å². The van der Waals surface area contributed by atoms with Gasteiger partial charge in [0, 0.05) is 11.8 Å². The minimum absolute atomic E-state index is 0.0912. The van der Waals surface area contributed by atoms with E-state index in [9.17, 15) is 13.6 Å². The third-order valence-corrected chi connectivity index (χ3v) is 2.71. The van der Waals surface area contributed by atoms with Crippen molar-refractivity contribution in [3.8, 4) is 5.75 Å². The highest BCUT2D eigenvalue weighted by Gasteiger charge is 2.07. The van der Waals surface area contributed by atoms with E-state index >= 15 is 0 Å². The molecule has 104 valence electrons. The second-order valence-electron chi connectivity index (χ2n) is 4.20. The van der Waals surface area contributed by atoms with Gasteiger partial charge in [-0.3, -0.25) is 4.79 Å². The van der Waals surface area contributed by atoms with Crippen LogP contribution in [0, 0.1) is 11.6 Å². The summed E-state index contributed by atoms with van der Waals surface area (Å²) in [5.74, 6) is -1.10. The number of benzene rings is 2. The largest absolute Gasteiger partial charge is 0.494 e. The number of carbonyl (C=O) groups is 1. The monoisotopic (exact) mass is 277 g/mol. The van der Waals surface area contributed by atoms with Crippen molar-refractivity contribution in [3.05, 3.63) is 59.7 Å². The maximum Gasteiger partial charge on any atom is 0.228 e. The number of anilines is 1. The minimum Gasteiger partial charge on any atom is -0.494 e. The zero-order chi connectivity index (χ0) is 14.5. The molecular formula is C15H13F2NO2. The molecule has 0 aromatic heterocycles. The lowest BCUT2D eigenvalue weighted by Gasteiger charge is -2.07. The van der Waals surface area contributed by atoms with Gasteiger partial charge in [0.25, 0.3) is 0 Å². The quantitative estimate of drug-likeness (QED) is 0.932. The summed E-state index contributed by atoms with van der Waals surface area (Å²) in [4.78, 5) is 11.8. The van der Waals surface area contributed by atoms with Crippen molar-refractivity contribution < 1.29 is 18.3 Å². The molecule has 5 heteroatoms. The summed E-state index contributed by atoms with van der Waals surface area (Å²) in [6.07, 6.45) is 0.0912. The van der Waals surface area contributed by atoms with E-state index in [4.69, 9.17) is 4.74 Å². The summed E-state index contributed by atoms with van der Waals surface area (Å²) in [6, 6.07) is 9.80. The Bertz CT molecular complexity index is 612. The summed E-state index contributed by atoms with van der Waals surface area (Å²) in [6.45, 7) is 0. The first-order valence-corrected chi connectivity index (χ1v) is 5.96. The second-order valence-corrected chi connectivity index (χ2v) is 4.20.